The van der Waals surface area contributed by atoms with Crippen molar-refractivity contribution in [2.24, 2.45) is 0 Å². The molecule has 37 heavy (non-hydrogen) atoms. The van der Waals surface area contributed by atoms with Crippen LogP contribution in [0.3, 0.4) is 0 Å². The van der Waals surface area contributed by atoms with Gasteiger partial charge >= 0.3 is 6.09 Å². The third kappa shape index (κ3) is 8.65. The molecule has 9 nitrogen and oxygen atoms in total. The summed E-state index contributed by atoms with van der Waals surface area (Å²) in [7, 11) is 0. The SMILES string of the molecule is Cc1ccn(CCc2coc(Cl)n2)c(=O)c1CC(=O)NCc1cc(Cl)ccc1CNC(=O)OC(C)(C)C. The molecule has 1 aromatic carbocycles. The summed E-state index contributed by atoms with van der Waals surface area (Å²) in [4.78, 5) is 41.9. The van der Waals surface area contributed by atoms with Gasteiger partial charge in [-0.2, -0.15) is 0 Å². The van der Waals surface area contributed by atoms with E-state index in [4.69, 9.17) is 32.4 Å². The average molecular weight is 549 g/mol. The smallest absolute Gasteiger partial charge is 0.407 e. The lowest BCUT2D eigenvalue weighted by molar-refractivity contribution is -0.120. The number of ether oxygens (including phenoxy) is 1. The number of rotatable bonds is 9. The monoisotopic (exact) mass is 548 g/mol. The molecule has 0 aliphatic rings. The van der Waals surface area contributed by atoms with Crippen LogP contribution in [0.5, 0.6) is 0 Å². The Hall–Kier alpha value is -3.30. The molecule has 0 aliphatic carbocycles. The van der Waals surface area contributed by atoms with Crippen LogP contribution < -0.4 is 16.2 Å². The molecule has 2 aromatic heterocycles. The van der Waals surface area contributed by atoms with Gasteiger partial charge in [0.2, 0.25) is 5.91 Å². The number of oxazole rings is 1. The zero-order valence-electron chi connectivity index (χ0n) is 21.2. The molecule has 198 valence electrons. The minimum absolute atomic E-state index is 0.0482. The Kier molecular flexibility index (Phi) is 9.39. The highest BCUT2D eigenvalue weighted by Gasteiger charge is 2.17. The zero-order valence-corrected chi connectivity index (χ0v) is 22.7. The lowest BCUT2D eigenvalue weighted by Crippen LogP contribution is -2.33. The Balaban J connectivity index is 1.63. The molecule has 3 rings (SSSR count). The van der Waals surface area contributed by atoms with Gasteiger partial charge in [-0.05, 0) is 74.2 Å². The van der Waals surface area contributed by atoms with E-state index in [-0.39, 0.29) is 36.3 Å². The molecule has 0 radical (unpaired) electrons. The van der Waals surface area contributed by atoms with E-state index < -0.39 is 11.7 Å². The molecule has 2 amide bonds. The fourth-order valence-corrected chi connectivity index (χ4v) is 3.91. The fourth-order valence-electron chi connectivity index (χ4n) is 3.57. The predicted octanol–water partition coefficient (Wildman–Crippen LogP) is 4.58. The Labute approximate surface area is 225 Å². The maximum atomic E-state index is 13.0. The van der Waals surface area contributed by atoms with Gasteiger partial charge < -0.3 is 24.4 Å². The first kappa shape index (κ1) is 28.3. The van der Waals surface area contributed by atoms with Gasteiger partial charge in [0.1, 0.15) is 11.9 Å². The second-order valence-corrected chi connectivity index (χ2v) is 10.3. The number of carbonyl (C=O) groups is 2. The highest BCUT2D eigenvalue weighted by Crippen LogP contribution is 2.17. The first-order valence-corrected chi connectivity index (χ1v) is 12.5. The van der Waals surface area contributed by atoms with Crippen molar-refractivity contribution in [1.82, 2.24) is 20.2 Å². The number of aromatic nitrogens is 2. The van der Waals surface area contributed by atoms with E-state index >= 15 is 0 Å². The van der Waals surface area contributed by atoms with Crippen LogP contribution in [0.25, 0.3) is 0 Å². The van der Waals surface area contributed by atoms with Gasteiger partial charge in [0.05, 0.1) is 12.1 Å². The van der Waals surface area contributed by atoms with Gasteiger partial charge in [-0.1, -0.05) is 17.7 Å². The van der Waals surface area contributed by atoms with Crippen LogP contribution in [0, 0.1) is 6.92 Å². The molecule has 0 saturated carbocycles. The van der Waals surface area contributed by atoms with Gasteiger partial charge in [-0.25, -0.2) is 9.78 Å². The van der Waals surface area contributed by atoms with Crippen molar-refractivity contribution in [3.05, 3.63) is 85.4 Å². The van der Waals surface area contributed by atoms with Gasteiger partial charge in [-0.3, -0.25) is 9.59 Å². The number of nitrogens with zero attached hydrogens (tertiary/aromatic N) is 2. The number of halogens is 2. The molecule has 0 unspecified atom stereocenters. The molecule has 0 atom stereocenters. The van der Waals surface area contributed by atoms with Crippen LogP contribution in [0.15, 0.2) is 45.9 Å². The molecule has 11 heteroatoms. The molecule has 0 fully saturated rings. The van der Waals surface area contributed by atoms with E-state index in [1.54, 1.807) is 58.2 Å². The molecule has 2 N–H and O–H groups in total. The number of carbonyl (C=O) groups excluding carboxylic acids is 2. The van der Waals surface area contributed by atoms with Gasteiger partial charge in [-0.15, -0.1) is 0 Å². The summed E-state index contributed by atoms with van der Waals surface area (Å²) in [5.41, 5.74) is 2.44. The number of benzene rings is 1. The van der Waals surface area contributed by atoms with E-state index in [1.807, 2.05) is 0 Å². The van der Waals surface area contributed by atoms with Crippen molar-refractivity contribution in [1.29, 1.82) is 0 Å². The van der Waals surface area contributed by atoms with Crippen molar-refractivity contribution < 1.29 is 18.7 Å². The summed E-state index contributed by atoms with van der Waals surface area (Å²) >= 11 is 11.9. The number of alkyl carbamates (subject to hydrolysis) is 1. The van der Waals surface area contributed by atoms with Crippen molar-refractivity contribution >= 4 is 35.2 Å². The van der Waals surface area contributed by atoms with E-state index in [2.05, 4.69) is 15.6 Å². The maximum absolute atomic E-state index is 13.0. The quantitative estimate of drug-likeness (QED) is 0.404. The second-order valence-electron chi connectivity index (χ2n) is 9.54. The van der Waals surface area contributed by atoms with Crippen LogP contribution in [0.4, 0.5) is 4.79 Å². The van der Waals surface area contributed by atoms with Crippen LogP contribution in [-0.2, 0) is 42.0 Å². The van der Waals surface area contributed by atoms with Gasteiger partial charge in [0.15, 0.2) is 0 Å². The Morgan fingerprint density at radius 3 is 2.51 bits per heavy atom. The fraction of sp³-hybridized carbons (Fsp3) is 0.385. The third-order valence-electron chi connectivity index (χ3n) is 5.44. The van der Waals surface area contributed by atoms with Gasteiger partial charge in [0, 0.05) is 42.8 Å². The summed E-state index contributed by atoms with van der Waals surface area (Å²) in [5, 5.41) is 6.11. The predicted molar refractivity (Wildman–Crippen MR) is 141 cm³/mol. The lowest BCUT2D eigenvalue weighted by Gasteiger charge is -2.20. The second kappa shape index (κ2) is 12.3. The minimum Gasteiger partial charge on any atom is -0.444 e. The van der Waals surface area contributed by atoms with Crippen molar-refractivity contribution in [2.75, 3.05) is 0 Å². The first-order valence-electron chi connectivity index (χ1n) is 11.7. The van der Waals surface area contributed by atoms with Crippen molar-refractivity contribution in [3.63, 3.8) is 0 Å². The maximum Gasteiger partial charge on any atom is 0.407 e. The standard InChI is InChI=1S/C26H30Cl2N4O5/c1-16-7-9-32(10-8-20-15-36-24(28)31-20)23(34)21(16)12-22(33)29-14-18-11-19(27)6-5-17(18)13-30-25(35)37-26(2,3)4/h5-7,9,11,15H,8,10,12-14H2,1-4H3,(H,29,33)(H,30,35). The Bertz CT molecular complexity index is 1330. The molecule has 0 saturated heterocycles. The largest absolute Gasteiger partial charge is 0.444 e. The number of amides is 2. The van der Waals surface area contributed by atoms with E-state index in [9.17, 15) is 14.4 Å². The molecule has 3 aromatic rings. The van der Waals surface area contributed by atoms with E-state index in [1.165, 1.54) is 10.8 Å². The first-order chi connectivity index (χ1) is 17.4. The number of aryl methyl sites for hydroxylation is 3. The summed E-state index contributed by atoms with van der Waals surface area (Å²) in [6.45, 7) is 7.90. The van der Waals surface area contributed by atoms with Crippen LogP contribution in [0.1, 0.15) is 48.7 Å². The van der Waals surface area contributed by atoms with Crippen molar-refractivity contribution in [2.45, 2.75) is 65.8 Å². The molecular formula is C26H30Cl2N4O5. The zero-order chi connectivity index (χ0) is 27.2. The lowest BCUT2D eigenvalue weighted by atomic mass is 10.1. The number of pyridine rings is 1. The topological polar surface area (TPSA) is 115 Å². The number of hydrogen-bond donors (Lipinski definition) is 2. The molecular weight excluding hydrogens is 519 g/mol. The third-order valence-corrected chi connectivity index (χ3v) is 5.84. The summed E-state index contributed by atoms with van der Waals surface area (Å²) in [6, 6.07) is 7.02. The Morgan fingerprint density at radius 1 is 1.11 bits per heavy atom. The van der Waals surface area contributed by atoms with E-state index in [0.717, 1.165) is 16.7 Å². The molecule has 0 bridgehead atoms. The van der Waals surface area contributed by atoms with Crippen LogP contribution in [-0.4, -0.2) is 27.2 Å². The highest BCUT2D eigenvalue weighted by atomic mass is 35.5. The van der Waals surface area contributed by atoms with Crippen molar-refractivity contribution in [3.8, 4) is 0 Å². The summed E-state index contributed by atoms with van der Waals surface area (Å²) in [6.07, 6.45) is 2.98. The number of hydrogen-bond acceptors (Lipinski definition) is 6. The molecule has 0 spiro atoms. The highest BCUT2D eigenvalue weighted by molar-refractivity contribution is 6.30. The van der Waals surface area contributed by atoms with E-state index in [0.29, 0.717) is 29.2 Å². The average Bonchev–Trinajstić information content (AvgIpc) is 3.23. The Morgan fingerprint density at radius 2 is 1.84 bits per heavy atom. The molecule has 0 aliphatic heterocycles. The normalized spacial score (nSPS) is 11.3. The van der Waals surface area contributed by atoms with Crippen LogP contribution >= 0.6 is 23.2 Å². The summed E-state index contributed by atoms with van der Waals surface area (Å²) in [5.74, 6) is -0.313. The van der Waals surface area contributed by atoms with Crippen LogP contribution in [0.2, 0.25) is 10.4 Å². The summed E-state index contributed by atoms with van der Waals surface area (Å²) < 4.78 is 11.8. The number of nitrogens with one attached hydrogen (secondary N) is 2. The molecule has 2 heterocycles. The van der Waals surface area contributed by atoms with Gasteiger partial charge in [0.25, 0.3) is 10.9 Å². The minimum atomic E-state index is -0.612.